The second kappa shape index (κ2) is 14.6. The van der Waals surface area contributed by atoms with Gasteiger partial charge in [0.1, 0.15) is 41.0 Å². The SMILES string of the molecule is COc1ccc(CN(Cc2ccc(OC)cc2OC)S(=O)(=O)c2ccc(OCC3(F)CCN(C4COC4)CC3)c(Cl)c2)c(OC)c1. The topological polar surface area (TPSA) is 96.0 Å². The number of benzene rings is 3. The third-order valence-electron chi connectivity index (χ3n) is 8.54. The van der Waals surface area contributed by atoms with Gasteiger partial charge in [0.25, 0.3) is 0 Å². The number of hydrogen-bond acceptors (Lipinski definition) is 9. The maximum Gasteiger partial charge on any atom is 0.243 e. The Labute approximate surface area is 274 Å². The first-order valence-electron chi connectivity index (χ1n) is 14.9. The van der Waals surface area contributed by atoms with Gasteiger partial charge in [-0.3, -0.25) is 4.90 Å². The largest absolute Gasteiger partial charge is 0.497 e. The lowest BCUT2D eigenvalue weighted by atomic mass is 9.93. The first-order chi connectivity index (χ1) is 22.1. The second-order valence-electron chi connectivity index (χ2n) is 11.4. The lowest BCUT2D eigenvalue weighted by Gasteiger charge is -2.43. The molecule has 2 fully saturated rings. The van der Waals surface area contributed by atoms with Crippen molar-refractivity contribution in [2.45, 2.75) is 42.5 Å². The summed E-state index contributed by atoms with van der Waals surface area (Å²) in [5.41, 5.74) is -0.259. The summed E-state index contributed by atoms with van der Waals surface area (Å²) in [6.07, 6.45) is 0.679. The van der Waals surface area contributed by atoms with E-state index in [4.69, 9.17) is 40.0 Å². The molecule has 250 valence electrons. The lowest BCUT2D eigenvalue weighted by molar-refractivity contribution is -0.0890. The van der Waals surface area contributed by atoms with E-state index in [9.17, 15) is 8.42 Å². The summed E-state index contributed by atoms with van der Waals surface area (Å²) in [6, 6.07) is 15.0. The van der Waals surface area contributed by atoms with E-state index < -0.39 is 15.7 Å². The molecule has 0 radical (unpaired) electrons. The quantitative estimate of drug-likeness (QED) is 0.224. The van der Waals surface area contributed by atoms with Crippen LogP contribution in [0.2, 0.25) is 5.02 Å². The van der Waals surface area contributed by atoms with Gasteiger partial charge in [-0.25, -0.2) is 12.8 Å². The van der Waals surface area contributed by atoms with Crippen molar-refractivity contribution in [3.63, 3.8) is 0 Å². The molecule has 0 N–H and O–H groups in total. The molecule has 13 heteroatoms. The van der Waals surface area contributed by atoms with Crippen molar-refractivity contribution in [2.24, 2.45) is 0 Å². The molecule has 3 aromatic carbocycles. The van der Waals surface area contributed by atoms with E-state index in [-0.39, 0.29) is 35.4 Å². The Morgan fingerprint density at radius 1 is 0.848 bits per heavy atom. The Kier molecular flexibility index (Phi) is 10.8. The van der Waals surface area contributed by atoms with Crippen molar-refractivity contribution >= 4 is 21.6 Å². The van der Waals surface area contributed by atoms with Crippen molar-refractivity contribution in [1.82, 2.24) is 9.21 Å². The van der Waals surface area contributed by atoms with Crippen molar-refractivity contribution in [1.29, 1.82) is 0 Å². The van der Waals surface area contributed by atoms with Gasteiger partial charge in [-0.15, -0.1) is 0 Å². The normalized spacial score (nSPS) is 16.9. The van der Waals surface area contributed by atoms with Gasteiger partial charge in [-0.2, -0.15) is 4.31 Å². The highest BCUT2D eigenvalue weighted by atomic mass is 35.5. The van der Waals surface area contributed by atoms with Crippen LogP contribution in [0, 0.1) is 0 Å². The second-order valence-corrected chi connectivity index (χ2v) is 13.7. The van der Waals surface area contributed by atoms with Crippen LogP contribution < -0.4 is 23.7 Å². The van der Waals surface area contributed by atoms with Crippen molar-refractivity contribution in [3.05, 3.63) is 70.7 Å². The first-order valence-corrected chi connectivity index (χ1v) is 16.8. The molecular formula is C33H40ClFN2O8S. The highest BCUT2D eigenvalue weighted by molar-refractivity contribution is 7.89. The molecule has 2 aliphatic rings. The highest BCUT2D eigenvalue weighted by Crippen LogP contribution is 2.36. The minimum atomic E-state index is -4.15. The van der Waals surface area contributed by atoms with Crippen LogP contribution in [0.4, 0.5) is 4.39 Å². The number of methoxy groups -OCH3 is 4. The van der Waals surface area contributed by atoms with E-state index in [1.165, 1.54) is 36.7 Å². The molecule has 10 nitrogen and oxygen atoms in total. The van der Waals surface area contributed by atoms with E-state index in [0.717, 1.165) is 0 Å². The predicted octanol–water partition coefficient (Wildman–Crippen LogP) is 5.35. The molecule has 0 aromatic heterocycles. The number of piperidine rings is 1. The molecule has 0 saturated carbocycles. The number of hydrogen-bond donors (Lipinski definition) is 0. The van der Waals surface area contributed by atoms with Crippen LogP contribution in [0.25, 0.3) is 0 Å². The molecule has 0 amide bonds. The molecule has 5 rings (SSSR count). The predicted molar refractivity (Wildman–Crippen MR) is 172 cm³/mol. The van der Waals surface area contributed by atoms with Crippen molar-refractivity contribution < 1.29 is 41.2 Å². The molecule has 2 aliphatic heterocycles. The molecule has 0 atom stereocenters. The molecular weight excluding hydrogens is 639 g/mol. The van der Waals surface area contributed by atoms with Gasteiger partial charge in [-0.05, 0) is 43.2 Å². The van der Waals surface area contributed by atoms with Crippen LogP contribution in [0.3, 0.4) is 0 Å². The van der Waals surface area contributed by atoms with Crippen molar-refractivity contribution in [2.75, 3.05) is 61.3 Å². The molecule has 0 spiro atoms. The van der Waals surface area contributed by atoms with Gasteiger partial charge in [0.2, 0.25) is 10.0 Å². The molecule has 0 bridgehead atoms. The van der Waals surface area contributed by atoms with Crippen LogP contribution in [-0.4, -0.2) is 90.7 Å². The van der Waals surface area contributed by atoms with Gasteiger partial charge in [0.15, 0.2) is 0 Å². The Morgan fingerprint density at radius 2 is 1.41 bits per heavy atom. The number of nitrogens with zero attached hydrogens (tertiary/aromatic N) is 2. The minimum Gasteiger partial charge on any atom is -0.497 e. The number of likely N-dealkylation sites (tertiary alicyclic amines) is 1. The van der Waals surface area contributed by atoms with E-state index >= 15 is 4.39 Å². The summed E-state index contributed by atoms with van der Waals surface area (Å²) >= 11 is 6.56. The average molecular weight is 679 g/mol. The standard InChI is InChI=1S/C33H40ClFN2O8S/c1-40-26-7-5-23(31(15-26)42-3)18-37(19-24-6-8-27(41-2)16-32(24)43-4)46(38,39)28-9-10-30(29(34)17-28)45-22-33(35)11-13-36(14-12-33)25-20-44-21-25/h5-10,15-17,25H,11-14,18-22H2,1-4H3. The third kappa shape index (κ3) is 7.63. The fraction of sp³-hybridized carbons (Fsp3) is 0.455. The molecule has 3 aromatic rings. The summed E-state index contributed by atoms with van der Waals surface area (Å²) < 4.78 is 78.2. The van der Waals surface area contributed by atoms with E-state index in [1.807, 2.05) is 0 Å². The number of sulfonamides is 1. The van der Waals surface area contributed by atoms with Gasteiger partial charge in [0.05, 0.1) is 57.6 Å². The smallest absolute Gasteiger partial charge is 0.243 e. The monoisotopic (exact) mass is 678 g/mol. The van der Waals surface area contributed by atoms with Crippen LogP contribution in [0.15, 0.2) is 59.5 Å². The fourth-order valence-electron chi connectivity index (χ4n) is 5.55. The van der Waals surface area contributed by atoms with E-state index in [0.29, 0.717) is 79.3 Å². The third-order valence-corrected chi connectivity index (χ3v) is 10.6. The Bertz CT molecular complexity index is 1560. The zero-order chi connectivity index (χ0) is 32.9. The maximum atomic E-state index is 15.6. The summed E-state index contributed by atoms with van der Waals surface area (Å²) in [7, 11) is 1.96. The summed E-state index contributed by atoms with van der Waals surface area (Å²) in [5.74, 6) is 2.29. The number of alkyl halides is 1. The zero-order valence-electron chi connectivity index (χ0n) is 26.5. The number of ether oxygens (including phenoxy) is 6. The Morgan fingerprint density at radius 3 is 1.87 bits per heavy atom. The Hall–Kier alpha value is -3.29. The minimum absolute atomic E-state index is 0.0328. The highest BCUT2D eigenvalue weighted by Gasteiger charge is 2.39. The van der Waals surface area contributed by atoms with E-state index in [2.05, 4.69) is 4.90 Å². The van der Waals surface area contributed by atoms with E-state index in [1.54, 1.807) is 50.6 Å². The maximum absolute atomic E-state index is 15.6. The fourth-order valence-corrected chi connectivity index (χ4v) is 7.28. The molecule has 0 aliphatic carbocycles. The first kappa shape index (κ1) is 34.1. The summed E-state index contributed by atoms with van der Waals surface area (Å²) in [6.45, 7) is 2.41. The number of halogens is 2. The van der Waals surface area contributed by atoms with Crippen LogP contribution in [0.1, 0.15) is 24.0 Å². The molecule has 0 unspecified atom stereocenters. The van der Waals surface area contributed by atoms with Crippen LogP contribution in [0.5, 0.6) is 28.7 Å². The van der Waals surface area contributed by atoms with Gasteiger partial charge in [0, 0.05) is 49.4 Å². The van der Waals surface area contributed by atoms with Gasteiger partial charge in [-0.1, -0.05) is 23.7 Å². The van der Waals surface area contributed by atoms with Gasteiger partial charge < -0.3 is 28.4 Å². The molecule has 46 heavy (non-hydrogen) atoms. The lowest BCUT2D eigenvalue weighted by Crippen LogP contribution is -2.55. The average Bonchev–Trinajstić information content (AvgIpc) is 3.04. The zero-order valence-corrected chi connectivity index (χ0v) is 28.0. The number of rotatable bonds is 14. The van der Waals surface area contributed by atoms with Crippen LogP contribution >= 0.6 is 11.6 Å². The Balaban J connectivity index is 1.38. The summed E-state index contributed by atoms with van der Waals surface area (Å²) in [4.78, 5) is 2.21. The molecule has 2 heterocycles. The van der Waals surface area contributed by atoms with Gasteiger partial charge >= 0.3 is 0 Å². The van der Waals surface area contributed by atoms with Crippen LogP contribution in [-0.2, 0) is 27.8 Å². The van der Waals surface area contributed by atoms with Crippen molar-refractivity contribution in [3.8, 4) is 28.7 Å². The molecule has 2 saturated heterocycles. The summed E-state index contributed by atoms with van der Waals surface area (Å²) in [5, 5.41) is 0.0673.